The molecule has 1 aliphatic rings. The van der Waals surface area contributed by atoms with E-state index >= 15 is 0 Å². The van der Waals surface area contributed by atoms with Crippen LogP contribution in [0, 0.1) is 0 Å². The van der Waals surface area contributed by atoms with Gasteiger partial charge in [-0.2, -0.15) is 0 Å². The highest BCUT2D eigenvalue weighted by molar-refractivity contribution is 5.90. The minimum atomic E-state index is 0.0547. The molecule has 4 heterocycles. The van der Waals surface area contributed by atoms with Gasteiger partial charge in [-0.15, -0.1) is 10.2 Å². The van der Waals surface area contributed by atoms with Gasteiger partial charge in [0.1, 0.15) is 0 Å². The number of para-hydroxylation sites is 1. The number of rotatable bonds is 9. The van der Waals surface area contributed by atoms with Crippen molar-refractivity contribution in [1.29, 1.82) is 0 Å². The predicted molar refractivity (Wildman–Crippen MR) is 172 cm³/mol. The zero-order valence-electron chi connectivity index (χ0n) is 24.4. The van der Waals surface area contributed by atoms with Gasteiger partial charge in [-0.1, -0.05) is 48.5 Å². The van der Waals surface area contributed by atoms with E-state index in [0.717, 1.165) is 60.3 Å². The monoisotopic (exact) mass is 582 g/mol. The third-order valence-electron chi connectivity index (χ3n) is 8.19. The number of anilines is 2. The molecule has 3 aromatic heterocycles. The number of likely N-dealkylation sites (tertiary alicyclic amines) is 1. The van der Waals surface area contributed by atoms with Gasteiger partial charge in [0.2, 0.25) is 5.91 Å². The van der Waals surface area contributed by atoms with Crippen molar-refractivity contribution in [3.8, 4) is 11.5 Å². The first kappa shape index (κ1) is 27.5. The summed E-state index contributed by atoms with van der Waals surface area (Å²) < 4.78 is 3.96. The number of carbonyl (C=O) groups excluding carboxylic acids is 1. The molecule has 1 saturated heterocycles. The second-order valence-corrected chi connectivity index (χ2v) is 11.2. The van der Waals surface area contributed by atoms with Crippen molar-refractivity contribution in [3.63, 3.8) is 0 Å². The number of piperidine rings is 1. The Hall–Kier alpha value is -5.28. The van der Waals surface area contributed by atoms with Crippen molar-refractivity contribution in [2.24, 2.45) is 0 Å². The molecule has 1 aliphatic heterocycles. The molecular weight excluding hydrogens is 548 g/mol. The van der Waals surface area contributed by atoms with E-state index < -0.39 is 0 Å². The van der Waals surface area contributed by atoms with Gasteiger partial charge < -0.3 is 15.2 Å². The number of hydrogen-bond acceptors (Lipinski definition) is 6. The zero-order chi connectivity index (χ0) is 29.7. The fraction of sp³-hybridized carbons (Fsp3) is 0.200. The van der Waals surface area contributed by atoms with Crippen molar-refractivity contribution in [2.75, 3.05) is 18.4 Å². The second kappa shape index (κ2) is 12.5. The van der Waals surface area contributed by atoms with Crippen LogP contribution in [-0.2, 0) is 17.8 Å². The zero-order valence-corrected chi connectivity index (χ0v) is 24.4. The Kier molecular flexibility index (Phi) is 7.84. The molecule has 0 saturated carbocycles. The predicted octanol–water partition coefficient (Wildman–Crippen LogP) is 5.67. The van der Waals surface area contributed by atoms with E-state index in [1.807, 2.05) is 70.1 Å². The molecule has 1 fully saturated rings. The number of imidazole rings is 1. The maximum atomic E-state index is 13.2. The number of fused-ring (bicyclic) bond motifs is 1. The first-order valence-electron chi connectivity index (χ1n) is 15.0. The van der Waals surface area contributed by atoms with E-state index in [1.165, 1.54) is 5.56 Å². The van der Waals surface area contributed by atoms with Crippen LogP contribution in [0.3, 0.4) is 0 Å². The Labute approximate surface area is 256 Å². The quantitative estimate of drug-likeness (QED) is 0.228. The maximum absolute atomic E-state index is 13.2. The summed E-state index contributed by atoms with van der Waals surface area (Å²) in [6.07, 6.45) is 9.70. The first-order valence-corrected chi connectivity index (χ1v) is 15.0. The van der Waals surface area contributed by atoms with Gasteiger partial charge in [-0.25, -0.2) is 4.98 Å². The summed E-state index contributed by atoms with van der Waals surface area (Å²) in [5.74, 6) is 1.40. The van der Waals surface area contributed by atoms with Gasteiger partial charge in [0.05, 0.1) is 18.3 Å². The van der Waals surface area contributed by atoms with E-state index in [-0.39, 0.29) is 11.9 Å². The molecule has 6 aromatic rings. The van der Waals surface area contributed by atoms with Crippen LogP contribution in [0.1, 0.15) is 24.0 Å². The van der Waals surface area contributed by atoms with Crippen LogP contribution in [0.15, 0.2) is 116 Å². The molecule has 0 radical (unpaired) electrons. The summed E-state index contributed by atoms with van der Waals surface area (Å²) in [6, 6.07) is 30.8. The smallest absolute Gasteiger partial charge is 0.224 e. The summed E-state index contributed by atoms with van der Waals surface area (Å²) in [5, 5.41) is 16.6. The second-order valence-electron chi connectivity index (χ2n) is 11.2. The third-order valence-corrected chi connectivity index (χ3v) is 8.19. The first-order chi connectivity index (χ1) is 21.7. The van der Waals surface area contributed by atoms with Crippen LogP contribution in [0.25, 0.3) is 22.4 Å². The van der Waals surface area contributed by atoms with Gasteiger partial charge in [-0.3, -0.25) is 14.3 Å². The largest absolute Gasteiger partial charge is 0.353 e. The van der Waals surface area contributed by atoms with Crippen LogP contribution in [0.5, 0.6) is 0 Å². The number of aromatic nitrogens is 5. The number of hydrogen-bond donors (Lipinski definition) is 2. The van der Waals surface area contributed by atoms with Gasteiger partial charge in [0, 0.05) is 61.0 Å². The van der Waals surface area contributed by atoms with Crippen molar-refractivity contribution < 1.29 is 4.79 Å². The lowest BCUT2D eigenvalue weighted by Gasteiger charge is -2.32. The van der Waals surface area contributed by atoms with Crippen LogP contribution >= 0.6 is 0 Å². The molecule has 0 aliphatic carbocycles. The molecule has 1 amide bonds. The van der Waals surface area contributed by atoms with Crippen molar-refractivity contribution in [1.82, 2.24) is 34.5 Å². The number of carbonyl (C=O) groups is 1. The van der Waals surface area contributed by atoms with E-state index in [4.69, 9.17) is 0 Å². The summed E-state index contributed by atoms with van der Waals surface area (Å²) in [6.45, 7) is 2.93. The minimum absolute atomic E-state index is 0.0547. The van der Waals surface area contributed by atoms with E-state index in [1.54, 1.807) is 12.5 Å². The standard InChI is InChI=1S/C35H34N8O/c44-35(38-29-16-19-41(20-17-29)23-26-6-2-1-3-7-26)22-27-24-43(32-9-5-4-8-31(27)32)34-15-14-33(39-40-34)37-28-10-12-30(13-11-28)42-21-18-36-25-42/h1-15,18,21,24-25,29H,16-17,19-20,22-23H2,(H,37,39)(H,38,44). The van der Waals surface area contributed by atoms with Gasteiger partial charge >= 0.3 is 0 Å². The topological polar surface area (TPSA) is 92.9 Å². The number of nitrogens with one attached hydrogen (secondary N) is 2. The molecule has 0 unspecified atom stereocenters. The summed E-state index contributed by atoms with van der Waals surface area (Å²) in [7, 11) is 0. The molecule has 0 atom stereocenters. The van der Waals surface area contributed by atoms with E-state index in [0.29, 0.717) is 18.1 Å². The molecule has 44 heavy (non-hydrogen) atoms. The number of amides is 1. The molecule has 7 rings (SSSR count). The van der Waals surface area contributed by atoms with Gasteiger partial charge in [0.15, 0.2) is 11.6 Å². The van der Waals surface area contributed by atoms with Crippen LogP contribution in [0.2, 0.25) is 0 Å². The molecule has 9 nitrogen and oxygen atoms in total. The lowest BCUT2D eigenvalue weighted by atomic mass is 10.0. The highest BCUT2D eigenvalue weighted by Crippen LogP contribution is 2.26. The number of nitrogens with zero attached hydrogens (tertiary/aromatic N) is 6. The summed E-state index contributed by atoms with van der Waals surface area (Å²) in [5.41, 5.74) is 5.25. The summed E-state index contributed by atoms with van der Waals surface area (Å²) in [4.78, 5) is 19.7. The van der Waals surface area contributed by atoms with E-state index in [2.05, 4.69) is 73.2 Å². The Morgan fingerprint density at radius 2 is 1.66 bits per heavy atom. The molecule has 3 aromatic carbocycles. The average molecular weight is 583 g/mol. The van der Waals surface area contributed by atoms with Crippen molar-refractivity contribution >= 4 is 28.3 Å². The average Bonchev–Trinajstić information content (AvgIpc) is 3.73. The SMILES string of the molecule is O=C(Cc1cn(-c2ccc(Nc3ccc(-n4ccnc4)cc3)nn2)c2ccccc12)NC1CCN(Cc2ccccc2)CC1. The highest BCUT2D eigenvalue weighted by Gasteiger charge is 2.22. The van der Waals surface area contributed by atoms with Crippen LogP contribution < -0.4 is 10.6 Å². The normalized spacial score (nSPS) is 14.1. The molecule has 2 N–H and O–H groups in total. The third kappa shape index (κ3) is 6.23. The Balaban J connectivity index is 0.988. The molecule has 220 valence electrons. The van der Waals surface area contributed by atoms with Crippen LogP contribution in [-0.4, -0.2) is 54.3 Å². The van der Waals surface area contributed by atoms with Gasteiger partial charge in [-0.05, 0) is 66.4 Å². The molecular formula is C35H34N8O. The molecule has 0 spiro atoms. The fourth-order valence-electron chi connectivity index (χ4n) is 5.91. The number of benzene rings is 3. The maximum Gasteiger partial charge on any atom is 0.224 e. The van der Waals surface area contributed by atoms with E-state index in [9.17, 15) is 4.79 Å². The highest BCUT2D eigenvalue weighted by atomic mass is 16.1. The van der Waals surface area contributed by atoms with Crippen molar-refractivity contribution in [2.45, 2.75) is 31.8 Å². The van der Waals surface area contributed by atoms with Gasteiger partial charge in [0.25, 0.3) is 0 Å². The van der Waals surface area contributed by atoms with Crippen molar-refractivity contribution in [3.05, 3.63) is 127 Å². The Morgan fingerprint density at radius 1 is 0.864 bits per heavy atom. The molecule has 0 bridgehead atoms. The minimum Gasteiger partial charge on any atom is -0.353 e. The fourth-order valence-corrected chi connectivity index (χ4v) is 5.91. The lowest BCUT2D eigenvalue weighted by molar-refractivity contribution is -0.121. The Morgan fingerprint density at radius 3 is 2.41 bits per heavy atom. The lowest BCUT2D eigenvalue weighted by Crippen LogP contribution is -2.44. The molecule has 9 heteroatoms. The Bertz CT molecular complexity index is 1820. The summed E-state index contributed by atoms with van der Waals surface area (Å²) >= 11 is 0. The van der Waals surface area contributed by atoms with Crippen LogP contribution in [0.4, 0.5) is 11.5 Å².